The Morgan fingerprint density at radius 3 is 2.71 bits per heavy atom. The van der Waals surface area contributed by atoms with Gasteiger partial charge in [-0.1, -0.05) is 31.9 Å². The van der Waals surface area contributed by atoms with Crippen molar-refractivity contribution < 1.29 is 18.3 Å². The van der Waals surface area contributed by atoms with Gasteiger partial charge in [-0.25, -0.2) is 4.79 Å². The third-order valence-corrected chi connectivity index (χ3v) is 3.78. The molecule has 4 nitrogen and oxygen atoms in total. The van der Waals surface area contributed by atoms with Crippen LogP contribution in [0.25, 0.3) is 0 Å². The average molecular weight is 298 g/mol. The van der Waals surface area contributed by atoms with E-state index in [1.165, 1.54) is 18.6 Å². The molecule has 2 N–H and O–H groups in total. The van der Waals surface area contributed by atoms with Crippen LogP contribution in [0.5, 0.6) is 5.75 Å². The van der Waals surface area contributed by atoms with E-state index >= 15 is 0 Å². The minimum Gasteiger partial charge on any atom is -0.433 e. The Balaban J connectivity index is 1.96. The maximum absolute atomic E-state index is 12.3. The topological polar surface area (TPSA) is 50.4 Å². The molecule has 2 unspecified atom stereocenters. The van der Waals surface area contributed by atoms with Crippen LogP contribution < -0.4 is 15.4 Å². The van der Waals surface area contributed by atoms with Crippen molar-refractivity contribution in [1.29, 1.82) is 0 Å². The number of urea groups is 1. The number of carbonyl (C=O) groups excluding carboxylic acids is 1. The molecule has 0 aliphatic heterocycles. The van der Waals surface area contributed by atoms with Crippen LogP contribution in [0, 0.1) is 5.92 Å². The molecular formula is C15H20F2N2O2. The molecule has 6 heteroatoms. The zero-order valence-electron chi connectivity index (χ0n) is 11.9. The van der Waals surface area contributed by atoms with E-state index in [0.717, 1.165) is 19.3 Å². The number of alkyl halides is 2. The molecule has 0 heterocycles. The summed E-state index contributed by atoms with van der Waals surface area (Å²) in [6.07, 6.45) is 4.33. The Labute approximate surface area is 122 Å². The summed E-state index contributed by atoms with van der Waals surface area (Å²) < 4.78 is 29.0. The Kier molecular flexibility index (Phi) is 5.36. The van der Waals surface area contributed by atoms with Crippen molar-refractivity contribution in [2.75, 3.05) is 5.32 Å². The Hall–Kier alpha value is -1.85. The van der Waals surface area contributed by atoms with Crippen molar-refractivity contribution >= 4 is 11.7 Å². The Morgan fingerprint density at radius 2 is 2.00 bits per heavy atom. The van der Waals surface area contributed by atoms with E-state index in [-0.39, 0.29) is 23.5 Å². The van der Waals surface area contributed by atoms with E-state index in [1.54, 1.807) is 12.1 Å². The van der Waals surface area contributed by atoms with Gasteiger partial charge in [-0.05, 0) is 30.9 Å². The molecular weight excluding hydrogens is 278 g/mol. The number of hydrogen-bond donors (Lipinski definition) is 2. The number of anilines is 1. The molecule has 1 saturated carbocycles. The van der Waals surface area contributed by atoms with Gasteiger partial charge in [-0.15, -0.1) is 0 Å². The fourth-order valence-electron chi connectivity index (χ4n) is 2.63. The van der Waals surface area contributed by atoms with E-state index in [4.69, 9.17) is 0 Å². The largest absolute Gasteiger partial charge is 0.433 e. The molecule has 0 aromatic heterocycles. The van der Waals surface area contributed by atoms with Gasteiger partial charge >= 0.3 is 12.6 Å². The number of rotatable bonds is 4. The van der Waals surface area contributed by atoms with Crippen molar-refractivity contribution in [3.63, 3.8) is 0 Å². The highest BCUT2D eigenvalue weighted by Gasteiger charge is 2.23. The third-order valence-electron chi connectivity index (χ3n) is 3.78. The summed E-state index contributed by atoms with van der Waals surface area (Å²) in [6, 6.07) is 5.88. The number of para-hydroxylation sites is 2. The van der Waals surface area contributed by atoms with Crippen LogP contribution in [0.4, 0.5) is 19.3 Å². The SMILES string of the molecule is CC1CCCCC1NC(=O)Nc1ccccc1OC(F)F. The van der Waals surface area contributed by atoms with Gasteiger partial charge in [0, 0.05) is 6.04 Å². The molecule has 0 saturated heterocycles. The third kappa shape index (κ3) is 4.58. The van der Waals surface area contributed by atoms with Crippen molar-refractivity contribution in [3.8, 4) is 5.75 Å². The first-order chi connectivity index (χ1) is 10.1. The smallest absolute Gasteiger partial charge is 0.387 e. The first-order valence-electron chi connectivity index (χ1n) is 7.17. The molecule has 1 aromatic rings. The summed E-state index contributed by atoms with van der Waals surface area (Å²) in [5.74, 6) is 0.386. The minimum absolute atomic E-state index is 0.0423. The molecule has 1 aliphatic carbocycles. The predicted molar refractivity (Wildman–Crippen MR) is 76.6 cm³/mol. The number of halogens is 2. The van der Waals surface area contributed by atoms with Crippen molar-refractivity contribution in [2.24, 2.45) is 5.92 Å². The van der Waals surface area contributed by atoms with Gasteiger partial charge in [0.25, 0.3) is 0 Å². The monoisotopic (exact) mass is 298 g/mol. The van der Waals surface area contributed by atoms with Crippen molar-refractivity contribution in [1.82, 2.24) is 5.32 Å². The second-order valence-corrected chi connectivity index (χ2v) is 5.34. The molecule has 1 aliphatic rings. The summed E-state index contributed by atoms with van der Waals surface area (Å²) in [5, 5.41) is 5.48. The van der Waals surface area contributed by atoms with Gasteiger partial charge in [0.1, 0.15) is 5.75 Å². The summed E-state index contributed by atoms with van der Waals surface area (Å²) in [4.78, 5) is 12.0. The molecule has 1 fully saturated rings. The lowest BCUT2D eigenvalue weighted by atomic mass is 9.86. The van der Waals surface area contributed by atoms with Gasteiger partial charge in [-0.3, -0.25) is 0 Å². The standard InChI is InChI=1S/C15H20F2N2O2/c1-10-6-2-3-7-11(10)18-15(20)19-12-8-4-5-9-13(12)21-14(16)17/h4-5,8-11,14H,2-3,6-7H2,1H3,(H2,18,19,20). The van der Waals surface area contributed by atoms with E-state index in [1.807, 2.05) is 0 Å². The first kappa shape index (κ1) is 15.5. The van der Waals surface area contributed by atoms with E-state index in [0.29, 0.717) is 5.92 Å². The zero-order chi connectivity index (χ0) is 15.2. The molecule has 2 rings (SSSR count). The second kappa shape index (κ2) is 7.24. The zero-order valence-corrected chi connectivity index (χ0v) is 11.9. The maximum atomic E-state index is 12.3. The number of amides is 2. The van der Waals surface area contributed by atoms with E-state index in [9.17, 15) is 13.6 Å². The number of carbonyl (C=O) groups is 1. The molecule has 0 spiro atoms. The summed E-state index contributed by atoms with van der Waals surface area (Å²) >= 11 is 0. The van der Waals surface area contributed by atoms with Crippen molar-refractivity contribution in [3.05, 3.63) is 24.3 Å². The van der Waals surface area contributed by atoms with Crippen LogP contribution in [0.1, 0.15) is 32.6 Å². The van der Waals surface area contributed by atoms with Crippen LogP contribution in [0.3, 0.4) is 0 Å². The highest BCUT2D eigenvalue weighted by atomic mass is 19.3. The van der Waals surface area contributed by atoms with Gasteiger partial charge < -0.3 is 15.4 Å². The lowest BCUT2D eigenvalue weighted by molar-refractivity contribution is -0.0493. The summed E-state index contributed by atoms with van der Waals surface area (Å²) in [5.41, 5.74) is 0.235. The second-order valence-electron chi connectivity index (χ2n) is 5.34. The van der Waals surface area contributed by atoms with Gasteiger partial charge in [-0.2, -0.15) is 8.78 Å². The molecule has 2 atom stereocenters. The number of benzene rings is 1. The highest BCUT2D eigenvalue weighted by Crippen LogP contribution is 2.26. The first-order valence-corrected chi connectivity index (χ1v) is 7.17. The lowest BCUT2D eigenvalue weighted by Crippen LogP contribution is -2.43. The lowest BCUT2D eigenvalue weighted by Gasteiger charge is -2.29. The van der Waals surface area contributed by atoms with Crippen LogP contribution in [0.15, 0.2) is 24.3 Å². The maximum Gasteiger partial charge on any atom is 0.387 e. The number of nitrogens with one attached hydrogen (secondary N) is 2. The average Bonchev–Trinajstić information content (AvgIpc) is 2.43. The minimum atomic E-state index is -2.92. The molecule has 0 radical (unpaired) electrons. The molecule has 1 aromatic carbocycles. The van der Waals surface area contributed by atoms with Crippen LogP contribution in [-0.2, 0) is 0 Å². The summed E-state index contributed by atoms with van der Waals surface area (Å²) in [7, 11) is 0. The normalized spacial score (nSPS) is 21.9. The van der Waals surface area contributed by atoms with E-state index < -0.39 is 6.61 Å². The van der Waals surface area contributed by atoms with E-state index in [2.05, 4.69) is 22.3 Å². The van der Waals surface area contributed by atoms with Crippen molar-refractivity contribution in [2.45, 2.75) is 45.3 Å². The molecule has 21 heavy (non-hydrogen) atoms. The fraction of sp³-hybridized carbons (Fsp3) is 0.533. The van der Waals surface area contributed by atoms with Crippen LogP contribution >= 0.6 is 0 Å². The highest BCUT2D eigenvalue weighted by molar-refractivity contribution is 5.91. The Morgan fingerprint density at radius 1 is 1.29 bits per heavy atom. The molecule has 0 bridgehead atoms. The van der Waals surface area contributed by atoms with Gasteiger partial charge in [0.2, 0.25) is 0 Å². The number of ether oxygens (including phenoxy) is 1. The molecule has 2 amide bonds. The van der Waals surface area contributed by atoms with Crippen LogP contribution in [0.2, 0.25) is 0 Å². The van der Waals surface area contributed by atoms with Gasteiger partial charge in [0.15, 0.2) is 0 Å². The van der Waals surface area contributed by atoms with Crippen LogP contribution in [-0.4, -0.2) is 18.7 Å². The number of hydrogen-bond acceptors (Lipinski definition) is 2. The fourth-order valence-corrected chi connectivity index (χ4v) is 2.63. The Bertz CT molecular complexity index is 482. The molecule has 116 valence electrons. The quantitative estimate of drug-likeness (QED) is 0.883. The van der Waals surface area contributed by atoms with Gasteiger partial charge in [0.05, 0.1) is 5.69 Å². The summed E-state index contributed by atoms with van der Waals surface area (Å²) in [6.45, 7) is -0.813. The predicted octanol–water partition coefficient (Wildman–Crippen LogP) is 3.99.